The van der Waals surface area contributed by atoms with Gasteiger partial charge in [-0.15, -0.1) is 0 Å². The Morgan fingerprint density at radius 1 is 1.10 bits per heavy atom. The van der Waals surface area contributed by atoms with Crippen LogP contribution >= 0.6 is 11.6 Å². The van der Waals surface area contributed by atoms with Crippen LogP contribution in [0, 0.1) is 0 Å². The number of carbonyl (C=O) groups is 1. The molecule has 0 aliphatic heterocycles. The summed E-state index contributed by atoms with van der Waals surface area (Å²) in [4.78, 5) is 10.7. The van der Waals surface area contributed by atoms with Crippen molar-refractivity contribution in [3.63, 3.8) is 0 Å². The van der Waals surface area contributed by atoms with E-state index < -0.39 is 0 Å². The van der Waals surface area contributed by atoms with E-state index in [9.17, 15) is 4.79 Å². The van der Waals surface area contributed by atoms with E-state index in [-0.39, 0.29) is 0 Å². The SMILES string of the molecule is COc1cc(C=O)ccc1OCCc1ccc(Cl)cc1. The third-order valence-electron chi connectivity index (χ3n) is 2.89. The third-order valence-corrected chi connectivity index (χ3v) is 3.14. The zero-order valence-corrected chi connectivity index (χ0v) is 11.9. The van der Waals surface area contributed by atoms with Gasteiger partial charge in [0.2, 0.25) is 0 Å². The van der Waals surface area contributed by atoms with Crippen molar-refractivity contribution in [2.45, 2.75) is 6.42 Å². The Kier molecular flexibility index (Phi) is 5.02. The summed E-state index contributed by atoms with van der Waals surface area (Å²) in [5.41, 5.74) is 1.71. The molecule has 104 valence electrons. The highest BCUT2D eigenvalue weighted by Crippen LogP contribution is 2.27. The second-order valence-electron chi connectivity index (χ2n) is 4.25. The molecule has 0 fully saturated rings. The molecule has 0 aliphatic carbocycles. The lowest BCUT2D eigenvalue weighted by atomic mass is 10.2. The van der Waals surface area contributed by atoms with Gasteiger partial charge in [0.1, 0.15) is 6.29 Å². The van der Waals surface area contributed by atoms with Crippen molar-refractivity contribution >= 4 is 17.9 Å². The Bertz CT molecular complexity index is 579. The molecule has 0 amide bonds. The van der Waals surface area contributed by atoms with Gasteiger partial charge in [0, 0.05) is 17.0 Å². The lowest BCUT2D eigenvalue weighted by Gasteiger charge is -2.11. The van der Waals surface area contributed by atoms with E-state index in [1.54, 1.807) is 25.3 Å². The van der Waals surface area contributed by atoms with Gasteiger partial charge in [0.15, 0.2) is 11.5 Å². The molecule has 2 rings (SSSR count). The van der Waals surface area contributed by atoms with Crippen LogP contribution in [0.3, 0.4) is 0 Å². The van der Waals surface area contributed by atoms with Gasteiger partial charge in [-0.25, -0.2) is 0 Å². The molecule has 0 aromatic heterocycles. The Morgan fingerprint density at radius 3 is 2.50 bits per heavy atom. The number of hydrogen-bond acceptors (Lipinski definition) is 3. The molecule has 3 nitrogen and oxygen atoms in total. The van der Waals surface area contributed by atoms with Gasteiger partial charge in [-0.1, -0.05) is 23.7 Å². The van der Waals surface area contributed by atoms with Gasteiger partial charge in [-0.05, 0) is 35.9 Å². The van der Waals surface area contributed by atoms with Crippen molar-refractivity contribution in [3.8, 4) is 11.5 Å². The minimum Gasteiger partial charge on any atom is -0.493 e. The quantitative estimate of drug-likeness (QED) is 0.760. The van der Waals surface area contributed by atoms with Crippen LogP contribution in [0.15, 0.2) is 42.5 Å². The number of hydrogen-bond donors (Lipinski definition) is 0. The second kappa shape index (κ2) is 6.96. The molecular formula is C16H15ClO3. The first-order valence-electron chi connectivity index (χ1n) is 6.23. The number of methoxy groups -OCH3 is 1. The molecule has 20 heavy (non-hydrogen) atoms. The number of aldehydes is 1. The molecule has 0 radical (unpaired) electrons. The Morgan fingerprint density at radius 2 is 1.85 bits per heavy atom. The van der Waals surface area contributed by atoms with Crippen LogP contribution in [0.2, 0.25) is 5.02 Å². The zero-order valence-electron chi connectivity index (χ0n) is 11.1. The number of carbonyl (C=O) groups excluding carboxylic acids is 1. The molecule has 0 bridgehead atoms. The smallest absolute Gasteiger partial charge is 0.161 e. The Hall–Kier alpha value is -2.00. The summed E-state index contributed by atoms with van der Waals surface area (Å²) in [6.45, 7) is 0.526. The van der Waals surface area contributed by atoms with Crippen LogP contribution in [0.25, 0.3) is 0 Å². The van der Waals surface area contributed by atoms with Crippen molar-refractivity contribution in [2.75, 3.05) is 13.7 Å². The highest BCUT2D eigenvalue weighted by Gasteiger charge is 2.05. The predicted octanol–water partition coefficient (Wildman–Crippen LogP) is 3.78. The molecule has 0 aliphatic rings. The van der Waals surface area contributed by atoms with Crippen LogP contribution in [-0.4, -0.2) is 20.0 Å². The maximum atomic E-state index is 10.7. The lowest BCUT2D eigenvalue weighted by molar-refractivity contribution is 0.112. The summed E-state index contributed by atoms with van der Waals surface area (Å²) in [6, 6.07) is 12.8. The van der Waals surface area contributed by atoms with Gasteiger partial charge >= 0.3 is 0 Å². The van der Waals surface area contributed by atoms with Crippen LogP contribution in [0.1, 0.15) is 15.9 Å². The fourth-order valence-corrected chi connectivity index (χ4v) is 1.93. The maximum Gasteiger partial charge on any atom is 0.161 e. The van der Waals surface area contributed by atoms with E-state index in [4.69, 9.17) is 21.1 Å². The molecule has 4 heteroatoms. The van der Waals surface area contributed by atoms with Gasteiger partial charge in [-0.2, -0.15) is 0 Å². The van der Waals surface area contributed by atoms with Crippen molar-refractivity contribution < 1.29 is 14.3 Å². The fourth-order valence-electron chi connectivity index (χ4n) is 1.81. The molecule has 0 unspecified atom stereocenters. The van der Waals surface area contributed by atoms with E-state index in [0.717, 1.165) is 23.3 Å². The van der Waals surface area contributed by atoms with Gasteiger partial charge < -0.3 is 9.47 Å². The van der Waals surface area contributed by atoms with Gasteiger partial charge in [0.05, 0.1) is 13.7 Å². The van der Waals surface area contributed by atoms with Crippen molar-refractivity contribution in [1.29, 1.82) is 0 Å². The zero-order chi connectivity index (χ0) is 14.4. The van der Waals surface area contributed by atoms with Crippen LogP contribution in [0.4, 0.5) is 0 Å². The number of halogens is 1. The van der Waals surface area contributed by atoms with E-state index in [2.05, 4.69) is 0 Å². The summed E-state index contributed by atoms with van der Waals surface area (Å²) < 4.78 is 10.9. The van der Waals surface area contributed by atoms with Crippen LogP contribution in [0.5, 0.6) is 11.5 Å². The maximum absolute atomic E-state index is 10.7. The van der Waals surface area contributed by atoms with Crippen molar-refractivity contribution in [3.05, 3.63) is 58.6 Å². The first-order valence-corrected chi connectivity index (χ1v) is 6.61. The summed E-state index contributed by atoms with van der Waals surface area (Å²) >= 11 is 5.83. The molecule has 0 atom stereocenters. The highest BCUT2D eigenvalue weighted by molar-refractivity contribution is 6.30. The molecular weight excluding hydrogens is 276 g/mol. The predicted molar refractivity (Wildman–Crippen MR) is 79.0 cm³/mol. The summed E-state index contributed by atoms with van der Waals surface area (Å²) in [5, 5.41) is 0.723. The summed E-state index contributed by atoms with van der Waals surface area (Å²) in [7, 11) is 1.55. The Balaban J connectivity index is 1.96. The molecule has 0 spiro atoms. The van der Waals surface area contributed by atoms with E-state index in [0.29, 0.717) is 23.7 Å². The largest absolute Gasteiger partial charge is 0.493 e. The van der Waals surface area contributed by atoms with Crippen molar-refractivity contribution in [2.24, 2.45) is 0 Å². The summed E-state index contributed by atoms with van der Waals surface area (Å²) in [6.07, 6.45) is 1.55. The highest BCUT2D eigenvalue weighted by atomic mass is 35.5. The summed E-state index contributed by atoms with van der Waals surface area (Å²) in [5.74, 6) is 1.19. The molecule has 0 saturated carbocycles. The number of benzene rings is 2. The average molecular weight is 291 g/mol. The average Bonchev–Trinajstić information content (AvgIpc) is 2.49. The van der Waals surface area contributed by atoms with Crippen LogP contribution in [-0.2, 0) is 6.42 Å². The minimum absolute atomic E-state index is 0.526. The standard InChI is InChI=1S/C16H15ClO3/c1-19-16-10-13(11-18)4-7-15(16)20-9-8-12-2-5-14(17)6-3-12/h2-7,10-11H,8-9H2,1H3. The van der Waals surface area contributed by atoms with Crippen LogP contribution < -0.4 is 9.47 Å². The van der Waals surface area contributed by atoms with Gasteiger partial charge in [0.25, 0.3) is 0 Å². The number of rotatable bonds is 6. The normalized spacial score (nSPS) is 10.1. The Labute approximate surface area is 123 Å². The fraction of sp³-hybridized carbons (Fsp3) is 0.188. The van der Waals surface area contributed by atoms with E-state index >= 15 is 0 Å². The van der Waals surface area contributed by atoms with E-state index in [1.807, 2.05) is 24.3 Å². The molecule has 0 heterocycles. The molecule has 2 aromatic carbocycles. The second-order valence-corrected chi connectivity index (χ2v) is 4.69. The lowest BCUT2D eigenvalue weighted by Crippen LogP contribution is -2.03. The first-order chi connectivity index (χ1) is 9.72. The molecule has 0 N–H and O–H groups in total. The third kappa shape index (κ3) is 3.75. The van der Waals surface area contributed by atoms with Crippen molar-refractivity contribution in [1.82, 2.24) is 0 Å². The molecule has 2 aromatic rings. The van der Waals surface area contributed by atoms with E-state index in [1.165, 1.54) is 0 Å². The first kappa shape index (κ1) is 14.4. The number of ether oxygens (including phenoxy) is 2. The van der Waals surface area contributed by atoms with Gasteiger partial charge in [-0.3, -0.25) is 4.79 Å². The minimum atomic E-state index is 0.526. The monoisotopic (exact) mass is 290 g/mol. The molecule has 0 saturated heterocycles. The topological polar surface area (TPSA) is 35.5 Å².